The average molecular weight is 284 g/mol. The first-order chi connectivity index (χ1) is 9.01. The van der Waals surface area contributed by atoms with E-state index < -0.39 is 10.0 Å². The van der Waals surface area contributed by atoms with Gasteiger partial charge in [0, 0.05) is 26.2 Å². The lowest BCUT2D eigenvalue weighted by molar-refractivity contribution is 0.222. The van der Waals surface area contributed by atoms with E-state index in [9.17, 15) is 8.42 Å². The molecule has 0 radical (unpaired) electrons. The maximum atomic E-state index is 12.3. The molecular formula is C13H20N2O3S. The molecule has 2 rings (SSSR count). The van der Waals surface area contributed by atoms with Crippen LogP contribution in [0.25, 0.3) is 0 Å². The Labute approximate surface area is 114 Å². The molecule has 106 valence electrons. The second-order valence-electron chi connectivity index (χ2n) is 4.94. The van der Waals surface area contributed by atoms with Gasteiger partial charge in [0.1, 0.15) is 0 Å². The first kappa shape index (κ1) is 14.5. The van der Waals surface area contributed by atoms with Crippen molar-refractivity contribution in [3.8, 4) is 0 Å². The molecule has 6 heteroatoms. The van der Waals surface area contributed by atoms with Crippen molar-refractivity contribution in [2.45, 2.75) is 12.4 Å². The zero-order valence-electron chi connectivity index (χ0n) is 11.1. The number of piperazine rings is 1. The van der Waals surface area contributed by atoms with Gasteiger partial charge in [-0.3, -0.25) is 0 Å². The molecule has 1 aromatic rings. The maximum Gasteiger partial charge on any atom is 0.218 e. The summed E-state index contributed by atoms with van der Waals surface area (Å²) in [6.07, 6.45) is 0. The van der Waals surface area contributed by atoms with Gasteiger partial charge in [0.15, 0.2) is 0 Å². The number of hydrogen-bond donors (Lipinski definition) is 1. The molecule has 19 heavy (non-hydrogen) atoms. The molecule has 0 aromatic heterocycles. The molecule has 0 unspecified atom stereocenters. The van der Waals surface area contributed by atoms with Gasteiger partial charge < -0.3 is 10.0 Å². The van der Waals surface area contributed by atoms with Crippen molar-refractivity contribution in [2.75, 3.05) is 33.2 Å². The van der Waals surface area contributed by atoms with Crippen molar-refractivity contribution in [1.29, 1.82) is 0 Å². The van der Waals surface area contributed by atoms with Crippen molar-refractivity contribution in [1.82, 2.24) is 9.21 Å². The van der Waals surface area contributed by atoms with E-state index in [0.717, 1.165) is 24.2 Å². The van der Waals surface area contributed by atoms with Crippen LogP contribution in [-0.2, 0) is 22.4 Å². The molecule has 5 nitrogen and oxygen atoms in total. The van der Waals surface area contributed by atoms with Crippen LogP contribution < -0.4 is 0 Å². The third-order valence-corrected chi connectivity index (χ3v) is 5.23. The summed E-state index contributed by atoms with van der Waals surface area (Å²) in [6.45, 7) is 2.59. The van der Waals surface area contributed by atoms with Gasteiger partial charge in [0.25, 0.3) is 0 Å². The lowest BCUT2D eigenvalue weighted by atomic mass is 10.1. The SMILES string of the molecule is CN1CCN(S(=O)(=O)Cc2cccc(CO)c2)CC1. The summed E-state index contributed by atoms with van der Waals surface area (Å²) in [7, 11) is -1.27. The molecule has 1 saturated heterocycles. The maximum absolute atomic E-state index is 12.3. The predicted octanol–water partition coefficient (Wildman–Crippen LogP) is 0.256. The minimum Gasteiger partial charge on any atom is -0.392 e. The van der Waals surface area contributed by atoms with E-state index in [4.69, 9.17) is 5.11 Å². The highest BCUT2D eigenvalue weighted by molar-refractivity contribution is 7.88. The number of likely N-dealkylation sites (N-methyl/N-ethyl adjacent to an activating group) is 1. The lowest BCUT2D eigenvalue weighted by Crippen LogP contribution is -2.47. The van der Waals surface area contributed by atoms with E-state index >= 15 is 0 Å². The van der Waals surface area contributed by atoms with Crippen LogP contribution in [0.4, 0.5) is 0 Å². The normalized spacial score (nSPS) is 18.6. The summed E-state index contributed by atoms with van der Waals surface area (Å²) >= 11 is 0. The Kier molecular flexibility index (Phi) is 4.57. The topological polar surface area (TPSA) is 60.9 Å². The molecular weight excluding hydrogens is 264 g/mol. The van der Waals surface area contributed by atoms with Crippen molar-refractivity contribution in [3.05, 3.63) is 35.4 Å². The van der Waals surface area contributed by atoms with Gasteiger partial charge in [-0.15, -0.1) is 0 Å². The summed E-state index contributed by atoms with van der Waals surface area (Å²) < 4.78 is 26.2. The monoisotopic (exact) mass is 284 g/mol. The van der Waals surface area contributed by atoms with E-state index in [1.807, 2.05) is 7.05 Å². The number of hydrogen-bond acceptors (Lipinski definition) is 4. The largest absolute Gasteiger partial charge is 0.392 e. The first-order valence-corrected chi connectivity index (χ1v) is 7.97. The zero-order valence-corrected chi connectivity index (χ0v) is 11.9. The van der Waals surface area contributed by atoms with Crippen LogP contribution in [0.2, 0.25) is 0 Å². The Bertz CT molecular complexity index is 522. The van der Waals surface area contributed by atoms with Crippen molar-refractivity contribution in [2.24, 2.45) is 0 Å². The molecule has 1 aliphatic rings. The Morgan fingerprint density at radius 3 is 2.42 bits per heavy atom. The zero-order chi connectivity index (χ0) is 13.9. The Morgan fingerprint density at radius 2 is 1.79 bits per heavy atom. The fourth-order valence-electron chi connectivity index (χ4n) is 2.19. The van der Waals surface area contributed by atoms with E-state index in [1.54, 1.807) is 28.6 Å². The molecule has 0 atom stereocenters. The number of aliphatic hydroxyl groups excluding tert-OH is 1. The van der Waals surface area contributed by atoms with Crippen LogP contribution in [0.3, 0.4) is 0 Å². The Hall–Kier alpha value is -0.950. The van der Waals surface area contributed by atoms with Crippen LogP contribution in [0, 0.1) is 0 Å². The summed E-state index contributed by atoms with van der Waals surface area (Å²) in [6, 6.07) is 7.09. The molecule has 0 saturated carbocycles. The van der Waals surface area contributed by atoms with Crippen LogP contribution in [0.1, 0.15) is 11.1 Å². The van der Waals surface area contributed by atoms with Gasteiger partial charge in [-0.25, -0.2) is 8.42 Å². The lowest BCUT2D eigenvalue weighted by Gasteiger charge is -2.31. The van der Waals surface area contributed by atoms with Crippen LogP contribution in [0.15, 0.2) is 24.3 Å². The van der Waals surface area contributed by atoms with Crippen molar-refractivity contribution in [3.63, 3.8) is 0 Å². The van der Waals surface area contributed by atoms with Gasteiger partial charge in [-0.2, -0.15) is 4.31 Å². The molecule has 0 spiro atoms. The van der Waals surface area contributed by atoms with Gasteiger partial charge in [-0.1, -0.05) is 24.3 Å². The predicted molar refractivity (Wildman–Crippen MR) is 74.1 cm³/mol. The van der Waals surface area contributed by atoms with Gasteiger partial charge in [0.05, 0.1) is 12.4 Å². The Morgan fingerprint density at radius 1 is 1.16 bits per heavy atom. The van der Waals surface area contributed by atoms with Gasteiger partial charge in [0.2, 0.25) is 10.0 Å². The van der Waals surface area contributed by atoms with E-state index in [1.165, 1.54) is 0 Å². The highest BCUT2D eigenvalue weighted by atomic mass is 32.2. The molecule has 0 bridgehead atoms. The van der Waals surface area contributed by atoms with E-state index in [-0.39, 0.29) is 12.4 Å². The smallest absolute Gasteiger partial charge is 0.218 e. The third kappa shape index (κ3) is 3.76. The molecule has 1 aromatic carbocycles. The van der Waals surface area contributed by atoms with E-state index in [2.05, 4.69) is 4.90 Å². The first-order valence-electron chi connectivity index (χ1n) is 6.36. The fraction of sp³-hybridized carbons (Fsp3) is 0.538. The summed E-state index contributed by atoms with van der Waals surface area (Å²) in [5.41, 5.74) is 1.47. The van der Waals surface area contributed by atoms with E-state index in [0.29, 0.717) is 13.1 Å². The number of sulfonamides is 1. The highest BCUT2D eigenvalue weighted by Crippen LogP contribution is 2.14. The van der Waals surface area contributed by atoms with Gasteiger partial charge in [-0.05, 0) is 18.2 Å². The quantitative estimate of drug-likeness (QED) is 0.861. The van der Waals surface area contributed by atoms with Crippen molar-refractivity contribution >= 4 is 10.0 Å². The number of benzene rings is 1. The summed E-state index contributed by atoms with van der Waals surface area (Å²) in [5.74, 6) is 0.00452. The number of nitrogens with zero attached hydrogens (tertiary/aromatic N) is 2. The second-order valence-corrected chi connectivity index (χ2v) is 6.91. The summed E-state index contributed by atoms with van der Waals surface area (Å²) in [4.78, 5) is 2.12. The molecule has 1 aliphatic heterocycles. The summed E-state index contributed by atoms with van der Waals surface area (Å²) in [5, 5.41) is 9.07. The fourth-order valence-corrected chi connectivity index (χ4v) is 3.69. The standard InChI is InChI=1S/C13H20N2O3S/c1-14-5-7-15(8-6-14)19(17,18)11-13-4-2-3-12(9-13)10-16/h2-4,9,16H,5-8,10-11H2,1H3. The molecule has 1 N–H and O–H groups in total. The third-order valence-electron chi connectivity index (χ3n) is 3.38. The Balaban J connectivity index is 2.08. The molecule has 1 fully saturated rings. The van der Waals surface area contributed by atoms with Crippen LogP contribution in [-0.4, -0.2) is 56.0 Å². The minimum absolute atomic E-state index is 0.00452. The highest BCUT2D eigenvalue weighted by Gasteiger charge is 2.25. The van der Waals surface area contributed by atoms with Crippen LogP contribution >= 0.6 is 0 Å². The number of rotatable bonds is 4. The molecule has 0 amide bonds. The van der Waals surface area contributed by atoms with Crippen molar-refractivity contribution < 1.29 is 13.5 Å². The van der Waals surface area contributed by atoms with Crippen LogP contribution in [0.5, 0.6) is 0 Å². The minimum atomic E-state index is -3.26. The molecule has 0 aliphatic carbocycles. The molecule has 1 heterocycles. The number of aliphatic hydroxyl groups is 1. The second kappa shape index (κ2) is 6.00. The van der Waals surface area contributed by atoms with Gasteiger partial charge >= 0.3 is 0 Å². The average Bonchev–Trinajstić information content (AvgIpc) is 2.39.